The van der Waals surface area contributed by atoms with Gasteiger partial charge in [-0.1, -0.05) is 12.1 Å². The van der Waals surface area contributed by atoms with E-state index in [0.29, 0.717) is 0 Å². The maximum absolute atomic E-state index is 5.40. The van der Waals surface area contributed by atoms with Crippen LogP contribution in [0.1, 0.15) is 11.1 Å². The summed E-state index contributed by atoms with van der Waals surface area (Å²) in [6, 6.07) is 10.4. The summed E-state index contributed by atoms with van der Waals surface area (Å²) in [7, 11) is 0. The van der Waals surface area contributed by atoms with E-state index < -0.39 is 0 Å². The van der Waals surface area contributed by atoms with Gasteiger partial charge >= 0.3 is 0 Å². The van der Waals surface area contributed by atoms with Crippen molar-refractivity contribution in [2.45, 2.75) is 19.9 Å². The fourth-order valence-corrected chi connectivity index (χ4v) is 2.59. The Morgan fingerprint density at radius 2 is 2.21 bits per heavy atom. The lowest BCUT2D eigenvalue weighted by Gasteiger charge is -2.04. The number of fused-ring (bicyclic) bond motifs is 1. The first-order chi connectivity index (χ1) is 9.24. The monoisotopic (exact) mass is 269 g/mol. The van der Waals surface area contributed by atoms with Crippen LogP contribution in [0.25, 0.3) is 11.0 Å². The maximum atomic E-state index is 5.40. The van der Waals surface area contributed by atoms with Crippen LogP contribution in [0.3, 0.4) is 0 Å². The molecule has 1 N–H and O–H groups in total. The summed E-state index contributed by atoms with van der Waals surface area (Å²) in [4.78, 5) is 7.40. The van der Waals surface area contributed by atoms with Crippen molar-refractivity contribution >= 4 is 23.3 Å². The second-order valence-corrected chi connectivity index (χ2v) is 5.10. The Hall–Kier alpha value is -1.94. The molecular weight excluding hydrogens is 254 g/mol. The topological polar surface area (TPSA) is 33.6 Å². The van der Waals surface area contributed by atoms with E-state index in [9.17, 15) is 0 Å². The van der Waals surface area contributed by atoms with Gasteiger partial charge in [-0.2, -0.15) is 0 Å². The summed E-state index contributed by atoms with van der Waals surface area (Å²) < 4.78 is 2.93. The largest absolute Gasteiger partial charge is 0.331 e. The zero-order valence-corrected chi connectivity index (χ0v) is 11.6. The Kier molecular flexibility index (Phi) is 3.17. The van der Waals surface area contributed by atoms with Crippen molar-refractivity contribution in [2.24, 2.45) is 0 Å². The van der Waals surface area contributed by atoms with Gasteiger partial charge in [-0.05, 0) is 54.9 Å². The lowest BCUT2D eigenvalue weighted by molar-refractivity contribution is 0.705. The summed E-state index contributed by atoms with van der Waals surface area (Å²) in [6.45, 7) is 2.96. The summed E-state index contributed by atoms with van der Waals surface area (Å²) in [5.41, 5.74) is 4.74. The molecule has 3 aromatic rings. The van der Waals surface area contributed by atoms with Gasteiger partial charge in [-0.3, -0.25) is 4.98 Å². The quantitative estimate of drug-likeness (QED) is 0.736. The number of aromatic amines is 1. The highest BCUT2D eigenvalue weighted by atomic mass is 32.1. The molecular formula is C15H15N3S. The standard InChI is InChI=1S/C15H15N3S/c1-11-4-5-14-13(9-11)17-15(19)18(14)8-6-12-3-2-7-16-10-12/h2-5,7,9-10H,6,8H2,1H3,(H,17,19). The number of hydrogen-bond donors (Lipinski definition) is 1. The predicted molar refractivity (Wildman–Crippen MR) is 79.8 cm³/mol. The van der Waals surface area contributed by atoms with E-state index in [1.165, 1.54) is 16.6 Å². The molecule has 0 aliphatic rings. The first kappa shape index (κ1) is 12.1. The molecule has 0 atom stereocenters. The van der Waals surface area contributed by atoms with Crippen molar-refractivity contribution in [3.8, 4) is 0 Å². The number of pyridine rings is 1. The molecule has 0 saturated carbocycles. The fraction of sp³-hybridized carbons (Fsp3) is 0.200. The van der Waals surface area contributed by atoms with Gasteiger partial charge in [0.05, 0.1) is 11.0 Å². The first-order valence-corrected chi connectivity index (χ1v) is 6.73. The number of aryl methyl sites for hydroxylation is 3. The lowest BCUT2D eigenvalue weighted by atomic mass is 10.2. The highest BCUT2D eigenvalue weighted by molar-refractivity contribution is 7.71. The maximum Gasteiger partial charge on any atom is 0.178 e. The van der Waals surface area contributed by atoms with Crippen molar-refractivity contribution in [3.05, 3.63) is 58.6 Å². The SMILES string of the molecule is Cc1ccc2c(c1)[nH]c(=S)n2CCc1cccnc1. The molecule has 0 aliphatic carbocycles. The number of nitrogens with one attached hydrogen (secondary N) is 1. The Bertz CT molecular complexity index is 756. The molecule has 3 nitrogen and oxygen atoms in total. The van der Waals surface area contributed by atoms with Gasteiger partial charge in [0.2, 0.25) is 0 Å². The zero-order chi connectivity index (χ0) is 13.2. The summed E-state index contributed by atoms with van der Waals surface area (Å²) >= 11 is 5.40. The van der Waals surface area contributed by atoms with Gasteiger partial charge in [-0.25, -0.2) is 0 Å². The van der Waals surface area contributed by atoms with Gasteiger partial charge in [0.15, 0.2) is 4.77 Å². The molecule has 2 aromatic heterocycles. The number of imidazole rings is 1. The van der Waals surface area contributed by atoms with Crippen LogP contribution in [0, 0.1) is 11.7 Å². The summed E-state index contributed by atoms with van der Waals surface area (Å²) in [5, 5.41) is 0. The third-order valence-corrected chi connectivity index (χ3v) is 3.60. The molecule has 2 heterocycles. The third kappa shape index (κ3) is 2.44. The smallest absolute Gasteiger partial charge is 0.178 e. The van der Waals surface area contributed by atoms with Gasteiger partial charge in [0, 0.05) is 18.9 Å². The fourth-order valence-electron chi connectivity index (χ4n) is 2.29. The zero-order valence-electron chi connectivity index (χ0n) is 10.8. The summed E-state index contributed by atoms with van der Waals surface area (Å²) in [5.74, 6) is 0. The molecule has 0 bridgehead atoms. The van der Waals surface area contributed by atoms with Gasteiger partial charge in [-0.15, -0.1) is 0 Å². The summed E-state index contributed by atoms with van der Waals surface area (Å²) in [6.07, 6.45) is 4.63. The Labute approximate surface area is 116 Å². The normalized spacial score (nSPS) is 11.0. The Balaban J connectivity index is 1.93. The average Bonchev–Trinajstić information content (AvgIpc) is 2.72. The molecule has 0 aliphatic heterocycles. The average molecular weight is 269 g/mol. The second kappa shape index (κ2) is 4.97. The van der Waals surface area contributed by atoms with E-state index in [-0.39, 0.29) is 0 Å². The van der Waals surface area contributed by atoms with Crippen LogP contribution in [-0.4, -0.2) is 14.5 Å². The van der Waals surface area contributed by atoms with Gasteiger partial charge in [0.1, 0.15) is 0 Å². The number of H-pyrrole nitrogens is 1. The van der Waals surface area contributed by atoms with E-state index in [4.69, 9.17) is 12.2 Å². The molecule has 1 aromatic carbocycles. The molecule has 0 spiro atoms. The molecule has 0 unspecified atom stereocenters. The van der Waals surface area contributed by atoms with Crippen molar-refractivity contribution in [1.82, 2.24) is 14.5 Å². The number of benzene rings is 1. The molecule has 19 heavy (non-hydrogen) atoms. The molecule has 0 saturated heterocycles. The van der Waals surface area contributed by atoms with Gasteiger partial charge in [0.25, 0.3) is 0 Å². The molecule has 4 heteroatoms. The number of hydrogen-bond acceptors (Lipinski definition) is 2. The lowest BCUT2D eigenvalue weighted by Crippen LogP contribution is -2.01. The highest BCUT2D eigenvalue weighted by Gasteiger charge is 2.04. The minimum absolute atomic E-state index is 0.782. The van der Waals surface area contributed by atoms with Crippen molar-refractivity contribution in [1.29, 1.82) is 0 Å². The van der Waals surface area contributed by atoms with Crippen LogP contribution >= 0.6 is 12.2 Å². The van der Waals surface area contributed by atoms with Crippen molar-refractivity contribution in [3.63, 3.8) is 0 Å². The molecule has 96 valence electrons. The third-order valence-electron chi connectivity index (χ3n) is 3.28. The molecule has 0 amide bonds. The van der Waals surface area contributed by atoms with Crippen molar-refractivity contribution in [2.75, 3.05) is 0 Å². The first-order valence-electron chi connectivity index (χ1n) is 6.32. The number of nitrogens with zero attached hydrogens (tertiary/aromatic N) is 2. The predicted octanol–water partition coefficient (Wildman–Crippen LogP) is 3.65. The van der Waals surface area contributed by atoms with E-state index in [0.717, 1.165) is 23.3 Å². The van der Waals surface area contributed by atoms with Crippen LogP contribution in [0.15, 0.2) is 42.7 Å². The Morgan fingerprint density at radius 3 is 3.00 bits per heavy atom. The minimum Gasteiger partial charge on any atom is -0.331 e. The van der Waals surface area contributed by atoms with Crippen LogP contribution < -0.4 is 0 Å². The Morgan fingerprint density at radius 1 is 1.32 bits per heavy atom. The van der Waals surface area contributed by atoms with Gasteiger partial charge < -0.3 is 9.55 Å². The van der Waals surface area contributed by atoms with Crippen molar-refractivity contribution < 1.29 is 0 Å². The van der Waals surface area contributed by atoms with Crippen LogP contribution in [0.5, 0.6) is 0 Å². The van der Waals surface area contributed by atoms with Crippen LogP contribution in [0.2, 0.25) is 0 Å². The van der Waals surface area contributed by atoms with E-state index in [2.05, 4.69) is 45.7 Å². The van der Waals surface area contributed by atoms with E-state index in [1.807, 2.05) is 12.3 Å². The van der Waals surface area contributed by atoms with Crippen LogP contribution in [0.4, 0.5) is 0 Å². The van der Waals surface area contributed by atoms with Crippen LogP contribution in [-0.2, 0) is 13.0 Å². The van der Waals surface area contributed by atoms with E-state index >= 15 is 0 Å². The van der Waals surface area contributed by atoms with E-state index in [1.54, 1.807) is 6.20 Å². The number of aromatic nitrogens is 3. The second-order valence-electron chi connectivity index (χ2n) is 4.71. The minimum atomic E-state index is 0.782. The molecule has 3 rings (SSSR count). The molecule has 0 radical (unpaired) electrons. The highest BCUT2D eigenvalue weighted by Crippen LogP contribution is 2.16. The number of rotatable bonds is 3. The molecule has 0 fully saturated rings.